The quantitative estimate of drug-likeness (QED) is 0.883. The van der Waals surface area contributed by atoms with Crippen molar-refractivity contribution in [2.45, 2.75) is 44.9 Å². The Morgan fingerprint density at radius 3 is 2.56 bits per heavy atom. The minimum Gasteiger partial charge on any atom is -0.354 e. The number of aromatic nitrogens is 3. The van der Waals surface area contributed by atoms with Gasteiger partial charge in [-0.1, -0.05) is 0 Å². The second-order valence-corrected chi connectivity index (χ2v) is 5.17. The average Bonchev–Trinajstić information content (AvgIpc) is 3.24. The molecule has 1 N–H and O–H groups in total. The normalized spacial score (nSPS) is 19.9. The van der Waals surface area contributed by atoms with E-state index in [1.807, 2.05) is 0 Å². The maximum Gasteiger partial charge on any atom is 0.230 e. The minimum absolute atomic E-state index is 0.578. The van der Waals surface area contributed by atoms with E-state index in [-0.39, 0.29) is 0 Å². The highest BCUT2D eigenvalue weighted by Gasteiger charge is 2.28. The highest BCUT2D eigenvalue weighted by molar-refractivity contribution is 5.38. The Labute approximate surface area is 108 Å². The number of anilines is 2. The maximum atomic E-state index is 4.67. The molecule has 0 spiro atoms. The predicted octanol–water partition coefficient (Wildman–Crippen LogP) is 2.17. The third kappa shape index (κ3) is 2.54. The average molecular weight is 247 g/mol. The summed E-state index contributed by atoms with van der Waals surface area (Å²) in [6, 6.07) is 0. The van der Waals surface area contributed by atoms with Gasteiger partial charge in [0.05, 0.1) is 0 Å². The Morgan fingerprint density at radius 1 is 1.11 bits per heavy atom. The van der Waals surface area contributed by atoms with Gasteiger partial charge in [0.2, 0.25) is 11.9 Å². The molecule has 98 valence electrons. The number of piperidine rings is 1. The molecule has 1 aromatic rings. The molecule has 1 saturated carbocycles. The molecule has 0 amide bonds. The van der Waals surface area contributed by atoms with Crippen molar-refractivity contribution in [1.82, 2.24) is 15.0 Å². The van der Waals surface area contributed by atoms with Crippen molar-refractivity contribution in [2.75, 3.05) is 29.9 Å². The van der Waals surface area contributed by atoms with Crippen molar-refractivity contribution in [3.8, 4) is 0 Å². The van der Waals surface area contributed by atoms with Crippen molar-refractivity contribution < 1.29 is 0 Å². The molecule has 18 heavy (non-hydrogen) atoms. The summed E-state index contributed by atoms with van der Waals surface area (Å²) in [5, 5.41) is 3.22. The molecule has 0 radical (unpaired) electrons. The van der Waals surface area contributed by atoms with Crippen LogP contribution in [0.1, 0.15) is 50.8 Å². The van der Waals surface area contributed by atoms with Crippen LogP contribution in [-0.4, -0.2) is 34.6 Å². The molecule has 1 aliphatic carbocycles. The molecule has 5 heteroatoms. The van der Waals surface area contributed by atoms with Gasteiger partial charge in [-0.25, -0.2) is 0 Å². The van der Waals surface area contributed by atoms with Gasteiger partial charge in [0.25, 0.3) is 0 Å². The van der Waals surface area contributed by atoms with Crippen molar-refractivity contribution >= 4 is 11.9 Å². The van der Waals surface area contributed by atoms with E-state index < -0.39 is 0 Å². The molecule has 1 aromatic heterocycles. The van der Waals surface area contributed by atoms with E-state index in [0.29, 0.717) is 5.92 Å². The lowest BCUT2D eigenvalue weighted by Gasteiger charge is -2.27. The monoisotopic (exact) mass is 247 g/mol. The van der Waals surface area contributed by atoms with E-state index >= 15 is 0 Å². The summed E-state index contributed by atoms with van der Waals surface area (Å²) in [5.74, 6) is 3.19. The first kappa shape index (κ1) is 11.7. The van der Waals surface area contributed by atoms with Crippen LogP contribution >= 0.6 is 0 Å². The van der Waals surface area contributed by atoms with Crippen LogP contribution in [0.3, 0.4) is 0 Å². The van der Waals surface area contributed by atoms with E-state index in [4.69, 9.17) is 0 Å². The molecule has 2 fully saturated rings. The second-order valence-electron chi connectivity index (χ2n) is 5.17. The largest absolute Gasteiger partial charge is 0.354 e. The Morgan fingerprint density at radius 2 is 1.89 bits per heavy atom. The number of hydrogen-bond donors (Lipinski definition) is 1. The van der Waals surface area contributed by atoms with E-state index in [2.05, 4.69) is 32.1 Å². The molecule has 0 atom stereocenters. The van der Waals surface area contributed by atoms with Gasteiger partial charge >= 0.3 is 0 Å². The zero-order chi connectivity index (χ0) is 12.4. The van der Waals surface area contributed by atoms with Crippen LogP contribution in [0.5, 0.6) is 0 Å². The molecule has 0 aromatic carbocycles. The highest BCUT2D eigenvalue weighted by atomic mass is 15.3. The minimum atomic E-state index is 0.578. The Kier molecular flexibility index (Phi) is 3.30. The van der Waals surface area contributed by atoms with Gasteiger partial charge in [0.1, 0.15) is 5.82 Å². The smallest absolute Gasteiger partial charge is 0.230 e. The molecule has 3 rings (SSSR count). The third-order valence-electron chi connectivity index (χ3n) is 3.56. The lowest BCUT2D eigenvalue weighted by molar-refractivity contribution is 0.566. The van der Waals surface area contributed by atoms with Crippen molar-refractivity contribution in [2.24, 2.45) is 0 Å². The number of rotatable bonds is 4. The lowest BCUT2D eigenvalue weighted by atomic mass is 10.1. The zero-order valence-corrected chi connectivity index (χ0v) is 11.0. The Hall–Kier alpha value is -1.39. The van der Waals surface area contributed by atoms with Crippen LogP contribution in [0.4, 0.5) is 11.9 Å². The second kappa shape index (κ2) is 5.08. The first-order valence-electron chi connectivity index (χ1n) is 7.11. The summed E-state index contributed by atoms with van der Waals surface area (Å²) >= 11 is 0. The van der Waals surface area contributed by atoms with Crippen LogP contribution < -0.4 is 10.2 Å². The van der Waals surface area contributed by atoms with Gasteiger partial charge in [-0.15, -0.1) is 0 Å². The SMILES string of the molecule is CCNc1nc(C2CC2)nc(N2CCCCC2)n1. The summed E-state index contributed by atoms with van der Waals surface area (Å²) in [7, 11) is 0. The Bertz CT molecular complexity index is 410. The molecule has 2 aliphatic rings. The molecule has 1 saturated heterocycles. The fourth-order valence-corrected chi connectivity index (χ4v) is 2.38. The van der Waals surface area contributed by atoms with Gasteiger partial charge in [-0.05, 0) is 39.0 Å². The standard InChI is InChI=1S/C13H21N5/c1-2-14-12-15-11(10-6-7-10)16-13(17-12)18-8-4-3-5-9-18/h10H,2-9H2,1H3,(H,14,15,16,17). The van der Waals surface area contributed by atoms with Gasteiger partial charge in [-0.3, -0.25) is 0 Å². The molecule has 2 heterocycles. The van der Waals surface area contributed by atoms with E-state index in [1.165, 1.54) is 32.1 Å². The highest BCUT2D eigenvalue weighted by Crippen LogP contribution is 2.38. The molecule has 5 nitrogen and oxygen atoms in total. The van der Waals surface area contributed by atoms with Gasteiger partial charge < -0.3 is 10.2 Å². The number of nitrogens with zero attached hydrogens (tertiary/aromatic N) is 4. The van der Waals surface area contributed by atoms with Crippen LogP contribution in [0.15, 0.2) is 0 Å². The number of hydrogen-bond acceptors (Lipinski definition) is 5. The van der Waals surface area contributed by atoms with Gasteiger partial charge in [0.15, 0.2) is 0 Å². The molecule has 1 aliphatic heterocycles. The topological polar surface area (TPSA) is 53.9 Å². The van der Waals surface area contributed by atoms with Gasteiger partial charge in [-0.2, -0.15) is 15.0 Å². The van der Waals surface area contributed by atoms with Crippen LogP contribution in [0.25, 0.3) is 0 Å². The Balaban J connectivity index is 1.86. The van der Waals surface area contributed by atoms with Crippen molar-refractivity contribution in [3.05, 3.63) is 5.82 Å². The van der Waals surface area contributed by atoms with Crippen LogP contribution in [-0.2, 0) is 0 Å². The summed E-state index contributed by atoms with van der Waals surface area (Å²) in [5.41, 5.74) is 0. The van der Waals surface area contributed by atoms with E-state index in [1.54, 1.807) is 0 Å². The summed E-state index contributed by atoms with van der Waals surface area (Å²) in [6.07, 6.45) is 6.29. The van der Waals surface area contributed by atoms with E-state index in [9.17, 15) is 0 Å². The van der Waals surface area contributed by atoms with Crippen LogP contribution in [0, 0.1) is 0 Å². The van der Waals surface area contributed by atoms with Crippen LogP contribution in [0.2, 0.25) is 0 Å². The number of nitrogens with one attached hydrogen (secondary N) is 1. The molecular formula is C13H21N5. The first-order chi connectivity index (χ1) is 8.86. The molecular weight excluding hydrogens is 226 g/mol. The summed E-state index contributed by atoms with van der Waals surface area (Å²) in [4.78, 5) is 16.0. The predicted molar refractivity (Wildman–Crippen MR) is 72.0 cm³/mol. The lowest BCUT2D eigenvalue weighted by Crippen LogP contribution is -2.31. The summed E-state index contributed by atoms with van der Waals surface area (Å²) in [6.45, 7) is 5.09. The van der Waals surface area contributed by atoms with Crippen molar-refractivity contribution in [1.29, 1.82) is 0 Å². The fraction of sp³-hybridized carbons (Fsp3) is 0.769. The fourth-order valence-electron chi connectivity index (χ4n) is 2.38. The summed E-state index contributed by atoms with van der Waals surface area (Å²) < 4.78 is 0. The van der Waals surface area contributed by atoms with E-state index in [0.717, 1.165) is 37.4 Å². The maximum absolute atomic E-state index is 4.67. The molecule has 0 unspecified atom stereocenters. The molecule has 0 bridgehead atoms. The van der Waals surface area contributed by atoms with Crippen molar-refractivity contribution in [3.63, 3.8) is 0 Å². The van der Waals surface area contributed by atoms with Gasteiger partial charge in [0, 0.05) is 25.6 Å². The third-order valence-corrected chi connectivity index (χ3v) is 3.56. The zero-order valence-electron chi connectivity index (χ0n) is 11.0. The first-order valence-corrected chi connectivity index (χ1v) is 7.11.